The molecule has 0 aromatic heterocycles. The van der Waals surface area contributed by atoms with Gasteiger partial charge in [0.15, 0.2) is 0 Å². The van der Waals surface area contributed by atoms with Crippen LogP contribution in [-0.4, -0.2) is 12.2 Å². The first-order valence-corrected chi connectivity index (χ1v) is 8.72. The average Bonchev–Trinajstić information content (AvgIpc) is 3.15. The smallest absolute Gasteiger partial charge is 0.0634 e. The van der Waals surface area contributed by atoms with Crippen LogP contribution in [0.15, 0.2) is 12.2 Å². The summed E-state index contributed by atoms with van der Waals surface area (Å²) in [5, 5.41) is 0. The second kappa shape index (κ2) is 3.30. The molecule has 102 valence electrons. The topological polar surface area (TPSA) is 9.23 Å². The van der Waals surface area contributed by atoms with Crippen molar-refractivity contribution in [3.8, 4) is 0 Å². The van der Waals surface area contributed by atoms with E-state index in [0.29, 0.717) is 12.2 Å². The third kappa shape index (κ3) is 1.15. The quantitative estimate of drug-likeness (QED) is 0.514. The van der Waals surface area contributed by atoms with Gasteiger partial charge in [0.1, 0.15) is 0 Å². The molecule has 0 aromatic carbocycles. The Kier molecular flexibility index (Phi) is 1.81. The summed E-state index contributed by atoms with van der Waals surface area (Å²) in [6.07, 6.45) is 15.4. The lowest BCUT2D eigenvalue weighted by Crippen LogP contribution is -2.51. The first-order chi connectivity index (χ1) is 9.38. The molecule has 4 saturated carbocycles. The molecule has 0 aromatic rings. The second-order valence-corrected chi connectivity index (χ2v) is 8.44. The molecule has 6 fully saturated rings. The summed E-state index contributed by atoms with van der Waals surface area (Å²) in [7, 11) is 0. The van der Waals surface area contributed by atoms with Gasteiger partial charge in [-0.15, -0.1) is 0 Å². The van der Waals surface area contributed by atoms with E-state index in [-0.39, 0.29) is 0 Å². The van der Waals surface area contributed by atoms with Crippen molar-refractivity contribution in [3.05, 3.63) is 12.2 Å². The van der Waals surface area contributed by atoms with Gasteiger partial charge in [-0.05, 0) is 79.4 Å². The number of allylic oxidation sites excluding steroid dienone is 2. The fourth-order valence-electron chi connectivity index (χ4n) is 7.57. The zero-order chi connectivity index (χ0) is 12.1. The lowest BCUT2D eigenvalue weighted by molar-refractivity contribution is -0.201. The van der Waals surface area contributed by atoms with Crippen molar-refractivity contribution in [3.63, 3.8) is 0 Å². The molecule has 2 aliphatic heterocycles. The van der Waals surface area contributed by atoms with Gasteiger partial charge >= 0.3 is 0 Å². The molecule has 10 unspecified atom stereocenters. The van der Waals surface area contributed by atoms with Gasteiger partial charge in [-0.2, -0.15) is 0 Å². The molecule has 5 aliphatic carbocycles. The number of ether oxygens (including phenoxy) is 1. The minimum Gasteiger partial charge on any atom is -0.374 e. The van der Waals surface area contributed by atoms with Gasteiger partial charge < -0.3 is 4.74 Å². The molecule has 6 bridgehead atoms. The molecule has 2 saturated heterocycles. The van der Waals surface area contributed by atoms with E-state index in [4.69, 9.17) is 4.74 Å². The van der Waals surface area contributed by atoms with Crippen molar-refractivity contribution >= 4 is 0 Å². The van der Waals surface area contributed by atoms with Crippen LogP contribution in [0.5, 0.6) is 0 Å². The summed E-state index contributed by atoms with van der Waals surface area (Å²) in [6, 6.07) is 0. The van der Waals surface area contributed by atoms with E-state index in [1.165, 1.54) is 25.7 Å². The Morgan fingerprint density at radius 1 is 0.737 bits per heavy atom. The van der Waals surface area contributed by atoms with Crippen LogP contribution in [-0.2, 0) is 4.74 Å². The van der Waals surface area contributed by atoms with Crippen LogP contribution in [0, 0.1) is 47.3 Å². The van der Waals surface area contributed by atoms with Crippen LogP contribution in [0.1, 0.15) is 38.5 Å². The van der Waals surface area contributed by atoms with Gasteiger partial charge in [0.25, 0.3) is 0 Å². The molecule has 0 spiro atoms. The number of hydrogen-bond acceptors (Lipinski definition) is 1. The number of fused-ring (bicyclic) bond motifs is 11. The summed E-state index contributed by atoms with van der Waals surface area (Å²) in [5.74, 6) is 8.34. The van der Waals surface area contributed by atoms with E-state index in [2.05, 4.69) is 12.2 Å². The van der Waals surface area contributed by atoms with Crippen molar-refractivity contribution in [1.29, 1.82) is 0 Å². The minimum absolute atomic E-state index is 0.665. The van der Waals surface area contributed by atoms with Gasteiger partial charge in [0.2, 0.25) is 0 Å². The Bertz CT molecular complexity index is 446. The Balaban J connectivity index is 1.32. The predicted octanol–water partition coefficient (Wildman–Crippen LogP) is 3.65. The fourth-order valence-corrected chi connectivity index (χ4v) is 7.57. The lowest BCUT2D eigenvalue weighted by atomic mass is 9.62. The highest BCUT2D eigenvalue weighted by Gasteiger charge is 2.63. The van der Waals surface area contributed by atoms with Crippen LogP contribution in [0.25, 0.3) is 0 Å². The summed E-state index contributed by atoms with van der Waals surface area (Å²) in [6.45, 7) is 0. The SMILES string of the molecule is C1=CC2CC1C1C3CC(C4CCC5CC4O5)C(C3)C21. The number of rotatable bonds is 1. The Morgan fingerprint density at radius 2 is 1.53 bits per heavy atom. The monoisotopic (exact) mass is 256 g/mol. The van der Waals surface area contributed by atoms with Gasteiger partial charge in [0.05, 0.1) is 12.2 Å². The molecule has 0 amide bonds. The van der Waals surface area contributed by atoms with Crippen LogP contribution in [0.4, 0.5) is 0 Å². The Hall–Kier alpha value is -0.300. The molecule has 0 radical (unpaired) electrons. The highest BCUT2D eigenvalue weighted by atomic mass is 16.5. The molecule has 10 atom stereocenters. The molecular weight excluding hydrogens is 232 g/mol. The van der Waals surface area contributed by atoms with Crippen molar-refractivity contribution in [2.45, 2.75) is 50.7 Å². The molecule has 19 heavy (non-hydrogen) atoms. The normalized spacial score (nSPS) is 67.4. The highest BCUT2D eigenvalue weighted by Crippen LogP contribution is 2.69. The molecule has 7 rings (SSSR count). The van der Waals surface area contributed by atoms with E-state index >= 15 is 0 Å². The van der Waals surface area contributed by atoms with E-state index < -0.39 is 0 Å². The van der Waals surface area contributed by atoms with E-state index in [9.17, 15) is 0 Å². The standard InChI is InChI=1S/C18H24O/c1-2-10-5-9(1)17-11-6-14(15(7-11)18(10)17)13-4-3-12-8-16(13)19-12/h1-2,9-18H,3-8H2. The van der Waals surface area contributed by atoms with Gasteiger partial charge in [-0.1, -0.05) is 12.2 Å². The Morgan fingerprint density at radius 3 is 2.32 bits per heavy atom. The average molecular weight is 256 g/mol. The van der Waals surface area contributed by atoms with E-state index in [1.807, 2.05) is 0 Å². The maximum Gasteiger partial charge on any atom is 0.0634 e. The maximum atomic E-state index is 6.07. The fraction of sp³-hybridized carbons (Fsp3) is 0.889. The zero-order valence-electron chi connectivity index (χ0n) is 11.6. The molecule has 7 aliphatic rings. The zero-order valence-corrected chi connectivity index (χ0v) is 11.6. The lowest BCUT2D eigenvalue weighted by Gasteiger charge is -2.51. The molecule has 0 N–H and O–H groups in total. The van der Waals surface area contributed by atoms with Crippen LogP contribution < -0.4 is 0 Å². The third-order valence-electron chi connectivity index (χ3n) is 8.03. The largest absolute Gasteiger partial charge is 0.374 e. The van der Waals surface area contributed by atoms with Crippen molar-refractivity contribution in [2.75, 3.05) is 0 Å². The third-order valence-corrected chi connectivity index (χ3v) is 8.03. The molecule has 2 heterocycles. The first-order valence-electron chi connectivity index (χ1n) is 8.72. The van der Waals surface area contributed by atoms with Gasteiger partial charge in [-0.3, -0.25) is 0 Å². The summed E-state index contributed by atoms with van der Waals surface area (Å²) < 4.78 is 6.07. The van der Waals surface area contributed by atoms with Crippen LogP contribution in [0.3, 0.4) is 0 Å². The Labute approximate surface area is 115 Å². The van der Waals surface area contributed by atoms with Crippen molar-refractivity contribution < 1.29 is 4.74 Å². The van der Waals surface area contributed by atoms with Crippen LogP contribution >= 0.6 is 0 Å². The molecule has 1 heteroatoms. The first kappa shape index (κ1) is 10.4. The molecular formula is C18H24O. The van der Waals surface area contributed by atoms with Gasteiger partial charge in [-0.25, -0.2) is 0 Å². The maximum absolute atomic E-state index is 6.07. The number of hydrogen-bond donors (Lipinski definition) is 0. The van der Waals surface area contributed by atoms with Crippen LogP contribution in [0.2, 0.25) is 0 Å². The molecule has 1 nitrogen and oxygen atoms in total. The van der Waals surface area contributed by atoms with Crippen molar-refractivity contribution in [1.82, 2.24) is 0 Å². The summed E-state index contributed by atoms with van der Waals surface area (Å²) in [5.41, 5.74) is 0. The minimum atomic E-state index is 0.665. The van der Waals surface area contributed by atoms with E-state index in [1.54, 1.807) is 12.8 Å². The second-order valence-electron chi connectivity index (χ2n) is 8.44. The predicted molar refractivity (Wildman–Crippen MR) is 73.4 cm³/mol. The summed E-state index contributed by atoms with van der Waals surface area (Å²) >= 11 is 0. The summed E-state index contributed by atoms with van der Waals surface area (Å²) in [4.78, 5) is 0. The van der Waals surface area contributed by atoms with E-state index in [0.717, 1.165) is 47.3 Å². The van der Waals surface area contributed by atoms with Crippen molar-refractivity contribution in [2.24, 2.45) is 47.3 Å². The van der Waals surface area contributed by atoms with Gasteiger partial charge in [0, 0.05) is 6.42 Å². The highest BCUT2D eigenvalue weighted by molar-refractivity contribution is 5.21.